The van der Waals surface area contributed by atoms with E-state index < -0.39 is 0 Å². The van der Waals surface area contributed by atoms with E-state index in [0.717, 1.165) is 29.9 Å². The Morgan fingerprint density at radius 3 is 2.85 bits per heavy atom. The van der Waals surface area contributed by atoms with Gasteiger partial charge >= 0.3 is 0 Å². The Hall–Kier alpha value is -2.15. The normalized spacial score (nSPS) is 20.1. The van der Waals surface area contributed by atoms with Crippen LogP contribution in [0.2, 0.25) is 0 Å². The highest BCUT2D eigenvalue weighted by Gasteiger charge is 2.33. The molecule has 1 aliphatic heterocycles. The molecular formula is C19H29N5O2. The monoisotopic (exact) mass is 359 g/mol. The predicted octanol–water partition coefficient (Wildman–Crippen LogP) is 2.40. The lowest BCUT2D eigenvalue weighted by Gasteiger charge is -2.19. The molecule has 0 aromatic carbocycles. The number of carbonyl (C=O) groups is 1. The molecule has 1 N–H and O–H groups in total. The van der Waals surface area contributed by atoms with Crippen molar-refractivity contribution in [3.8, 4) is 0 Å². The first kappa shape index (κ1) is 18.6. The van der Waals surface area contributed by atoms with Crippen molar-refractivity contribution in [1.82, 2.24) is 24.9 Å². The molecule has 2 aromatic heterocycles. The molecule has 3 heterocycles. The fourth-order valence-electron chi connectivity index (χ4n) is 3.64. The smallest absolute Gasteiger partial charge is 0.254 e. The lowest BCUT2D eigenvalue weighted by molar-refractivity contribution is 0.0840. The molecule has 0 spiro atoms. The summed E-state index contributed by atoms with van der Waals surface area (Å²) in [4.78, 5) is 12.5. The average Bonchev–Trinajstić information content (AvgIpc) is 3.26. The van der Waals surface area contributed by atoms with Crippen LogP contribution in [0.25, 0.3) is 0 Å². The van der Waals surface area contributed by atoms with Crippen LogP contribution in [-0.2, 0) is 18.3 Å². The van der Waals surface area contributed by atoms with Gasteiger partial charge < -0.3 is 10.1 Å². The molecule has 0 bridgehead atoms. The van der Waals surface area contributed by atoms with Crippen LogP contribution in [0, 0.1) is 25.7 Å². The number of nitrogens with zero attached hydrogens (tertiary/aromatic N) is 4. The standard InChI is InChI=1S/C19H29N5O2/c1-12(2)10-24-11-16(9-21-24)19(25)20-8-15-6-7-26-18(15)17-13(3)22-23(5)14(17)4/h9,11-12,15,18H,6-8,10H2,1-5H3,(H,20,25)/t15-,18+/m0/s1. The molecule has 26 heavy (non-hydrogen) atoms. The van der Waals surface area contributed by atoms with Gasteiger partial charge in [0, 0.05) is 50.1 Å². The number of carbonyl (C=O) groups excluding carboxylic acids is 1. The first-order valence-corrected chi connectivity index (χ1v) is 9.29. The second kappa shape index (κ2) is 7.61. The van der Waals surface area contributed by atoms with Gasteiger partial charge in [-0.1, -0.05) is 13.8 Å². The molecule has 0 radical (unpaired) electrons. The summed E-state index contributed by atoms with van der Waals surface area (Å²) < 4.78 is 9.71. The fraction of sp³-hybridized carbons (Fsp3) is 0.632. The minimum absolute atomic E-state index is 0.00679. The van der Waals surface area contributed by atoms with Crippen LogP contribution in [0.4, 0.5) is 0 Å². The van der Waals surface area contributed by atoms with Gasteiger partial charge in [0.05, 0.1) is 23.6 Å². The summed E-state index contributed by atoms with van der Waals surface area (Å²) in [6.45, 7) is 10.5. The average molecular weight is 359 g/mol. The van der Waals surface area contributed by atoms with E-state index in [2.05, 4.69) is 36.3 Å². The van der Waals surface area contributed by atoms with Crippen molar-refractivity contribution in [1.29, 1.82) is 0 Å². The molecule has 1 aliphatic rings. The molecule has 0 aliphatic carbocycles. The molecule has 1 fully saturated rings. The second-order valence-electron chi connectivity index (χ2n) is 7.60. The predicted molar refractivity (Wildman–Crippen MR) is 98.9 cm³/mol. The maximum atomic E-state index is 12.5. The lowest BCUT2D eigenvalue weighted by atomic mass is 9.94. The largest absolute Gasteiger partial charge is 0.373 e. The minimum Gasteiger partial charge on any atom is -0.373 e. The van der Waals surface area contributed by atoms with E-state index in [4.69, 9.17) is 4.74 Å². The first-order chi connectivity index (χ1) is 12.4. The van der Waals surface area contributed by atoms with E-state index >= 15 is 0 Å². The molecule has 0 unspecified atom stereocenters. The third-order valence-electron chi connectivity index (χ3n) is 5.04. The number of amides is 1. The quantitative estimate of drug-likeness (QED) is 0.859. The number of aromatic nitrogens is 4. The number of hydrogen-bond acceptors (Lipinski definition) is 4. The Balaban J connectivity index is 1.63. The van der Waals surface area contributed by atoms with Gasteiger partial charge in [0.15, 0.2) is 0 Å². The molecule has 7 nitrogen and oxygen atoms in total. The summed E-state index contributed by atoms with van der Waals surface area (Å²) in [6, 6.07) is 0. The van der Waals surface area contributed by atoms with Crippen molar-refractivity contribution in [2.24, 2.45) is 18.9 Å². The summed E-state index contributed by atoms with van der Waals surface area (Å²) in [7, 11) is 1.95. The van der Waals surface area contributed by atoms with E-state index in [9.17, 15) is 4.79 Å². The van der Waals surface area contributed by atoms with Crippen LogP contribution in [0.15, 0.2) is 12.4 Å². The van der Waals surface area contributed by atoms with Crippen molar-refractivity contribution < 1.29 is 9.53 Å². The second-order valence-corrected chi connectivity index (χ2v) is 7.60. The molecule has 7 heteroatoms. The Morgan fingerprint density at radius 1 is 1.42 bits per heavy atom. The summed E-state index contributed by atoms with van der Waals surface area (Å²) in [5.41, 5.74) is 3.90. The molecule has 1 saturated heterocycles. The SMILES string of the molecule is Cc1nn(C)c(C)c1[C@@H]1OCC[C@H]1CNC(=O)c1cnn(CC(C)C)c1. The van der Waals surface area contributed by atoms with Gasteiger partial charge in [0.25, 0.3) is 5.91 Å². The van der Waals surface area contributed by atoms with Crippen molar-refractivity contribution >= 4 is 5.91 Å². The van der Waals surface area contributed by atoms with E-state index in [-0.39, 0.29) is 17.9 Å². The Bertz CT molecular complexity index is 777. The van der Waals surface area contributed by atoms with Gasteiger partial charge in [-0.05, 0) is 26.2 Å². The van der Waals surface area contributed by atoms with Crippen LogP contribution in [0.5, 0.6) is 0 Å². The molecule has 142 valence electrons. The first-order valence-electron chi connectivity index (χ1n) is 9.29. The number of hydrogen-bond donors (Lipinski definition) is 1. The third-order valence-corrected chi connectivity index (χ3v) is 5.04. The molecule has 3 rings (SSSR count). The zero-order valence-electron chi connectivity index (χ0n) is 16.3. The zero-order valence-corrected chi connectivity index (χ0v) is 16.3. The van der Waals surface area contributed by atoms with Crippen LogP contribution in [0.3, 0.4) is 0 Å². The zero-order chi connectivity index (χ0) is 18.8. The van der Waals surface area contributed by atoms with Crippen molar-refractivity contribution in [3.63, 3.8) is 0 Å². The van der Waals surface area contributed by atoms with Crippen molar-refractivity contribution in [2.45, 2.75) is 46.8 Å². The maximum absolute atomic E-state index is 12.5. The fourth-order valence-corrected chi connectivity index (χ4v) is 3.64. The van der Waals surface area contributed by atoms with Gasteiger partial charge in [-0.25, -0.2) is 0 Å². The van der Waals surface area contributed by atoms with Crippen molar-refractivity contribution in [3.05, 3.63) is 34.9 Å². The summed E-state index contributed by atoms with van der Waals surface area (Å²) in [5.74, 6) is 0.671. The highest BCUT2D eigenvalue weighted by Crippen LogP contribution is 2.37. The van der Waals surface area contributed by atoms with Crippen LogP contribution in [0.1, 0.15) is 53.7 Å². The van der Waals surface area contributed by atoms with Gasteiger partial charge in [0.2, 0.25) is 0 Å². The Morgan fingerprint density at radius 2 is 2.19 bits per heavy atom. The van der Waals surface area contributed by atoms with E-state index in [1.165, 1.54) is 0 Å². The highest BCUT2D eigenvalue weighted by molar-refractivity contribution is 5.93. The van der Waals surface area contributed by atoms with Crippen LogP contribution < -0.4 is 5.32 Å². The summed E-state index contributed by atoms with van der Waals surface area (Å²) in [5, 5.41) is 11.8. The van der Waals surface area contributed by atoms with Crippen LogP contribution in [-0.4, -0.2) is 38.6 Å². The Kier molecular flexibility index (Phi) is 5.46. The van der Waals surface area contributed by atoms with E-state index in [1.54, 1.807) is 6.20 Å². The third kappa shape index (κ3) is 3.82. The van der Waals surface area contributed by atoms with Gasteiger partial charge in [0.1, 0.15) is 0 Å². The van der Waals surface area contributed by atoms with Gasteiger partial charge in [-0.2, -0.15) is 10.2 Å². The lowest BCUT2D eigenvalue weighted by Crippen LogP contribution is -2.30. The van der Waals surface area contributed by atoms with Crippen molar-refractivity contribution in [2.75, 3.05) is 13.2 Å². The molecule has 0 saturated carbocycles. The van der Waals surface area contributed by atoms with Gasteiger partial charge in [-0.15, -0.1) is 0 Å². The number of aryl methyl sites for hydroxylation is 2. The van der Waals surface area contributed by atoms with Gasteiger partial charge in [-0.3, -0.25) is 14.2 Å². The Labute approximate surface area is 154 Å². The van der Waals surface area contributed by atoms with E-state index in [1.807, 2.05) is 29.5 Å². The summed E-state index contributed by atoms with van der Waals surface area (Å²) in [6.07, 6.45) is 4.38. The highest BCUT2D eigenvalue weighted by atomic mass is 16.5. The molecule has 2 aromatic rings. The topological polar surface area (TPSA) is 74.0 Å². The van der Waals surface area contributed by atoms with Crippen LogP contribution >= 0.6 is 0 Å². The number of rotatable bonds is 6. The molecular weight excluding hydrogens is 330 g/mol. The maximum Gasteiger partial charge on any atom is 0.254 e. The van der Waals surface area contributed by atoms with E-state index in [0.29, 0.717) is 24.6 Å². The minimum atomic E-state index is -0.0784. The number of ether oxygens (including phenoxy) is 1. The number of nitrogens with one attached hydrogen (secondary N) is 1. The summed E-state index contributed by atoms with van der Waals surface area (Å²) >= 11 is 0. The molecule has 1 amide bonds. The molecule has 2 atom stereocenters.